The first kappa shape index (κ1) is 16.8. The van der Waals surface area contributed by atoms with Crippen LogP contribution in [0.25, 0.3) is 10.9 Å². The lowest BCUT2D eigenvalue weighted by Gasteiger charge is -2.06. The number of benzene rings is 2. The average molecular weight is 336 g/mol. The fourth-order valence-electron chi connectivity index (χ4n) is 2.64. The second kappa shape index (κ2) is 7.21. The molecule has 0 aliphatic carbocycles. The Balaban J connectivity index is 1.93. The maximum atomic E-state index is 12.3. The number of ether oxygens (including phenoxy) is 2. The molecule has 128 valence electrons. The minimum Gasteiger partial charge on any atom is -0.494 e. The van der Waals surface area contributed by atoms with Crippen molar-refractivity contribution in [2.24, 2.45) is 0 Å². The predicted octanol–water partition coefficient (Wildman–Crippen LogP) is 4.17. The number of fused-ring (bicyclic) bond motifs is 1. The third-order valence-electron chi connectivity index (χ3n) is 3.68. The summed E-state index contributed by atoms with van der Waals surface area (Å²) < 4.78 is 12.4. The van der Waals surface area contributed by atoms with Crippen LogP contribution in [0.2, 0.25) is 0 Å². The van der Waals surface area contributed by atoms with Crippen LogP contribution in [0.4, 0.5) is 0 Å². The number of allylic oxidation sites excluding steroid dienone is 1. The maximum absolute atomic E-state index is 12.3. The third kappa shape index (κ3) is 3.71. The average Bonchev–Trinajstić information content (AvgIpc) is 2.95. The predicted molar refractivity (Wildman–Crippen MR) is 96.7 cm³/mol. The summed E-state index contributed by atoms with van der Waals surface area (Å²) in [6.07, 6.45) is 0. The molecule has 0 spiro atoms. The first-order valence-corrected chi connectivity index (χ1v) is 8.13. The lowest BCUT2D eigenvalue weighted by atomic mass is 10.2. The van der Waals surface area contributed by atoms with Gasteiger partial charge in [-0.25, -0.2) is 4.79 Å². The summed E-state index contributed by atoms with van der Waals surface area (Å²) >= 11 is 0. The Morgan fingerprint density at radius 3 is 2.56 bits per heavy atom. The fourth-order valence-corrected chi connectivity index (χ4v) is 2.64. The van der Waals surface area contributed by atoms with Gasteiger partial charge in [0.05, 0.1) is 24.4 Å². The number of para-hydroxylation sites is 1. The zero-order chi connectivity index (χ0) is 17.8. The molecule has 0 aliphatic rings. The Labute approximate surface area is 146 Å². The van der Waals surface area contributed by atoms with Gasteiger partial charge >= 0.3 is 5.97 Å². The van der Waals surface area contributed by atoms with Gasteiger partial charge in [0.1, 0.15) is 5.75 Å². The van der Waals surface area contributed by atoms with Crippen molar-refractivity contribution in [2.45, 2.75) is 20.4 Å². The zero-order valence-electron chi connectivity index (χ0n) is 14.4. The number of aromatic nitrogens is 2. The summed E-state index contributed by atoms with van der Waals surface area (Å²) in [5, 5.41) is 5.23. The van der Waals surface area contributed by atoms with Gasteiger partial charge < -0.3 is 9.47 Å². The van der Waals surface area contributed by atoms with Crippen LogP contribution in [-0.2, 0) is 11.3 Å². The van der Waals surface area contributed by atoms with Crippen molar-refractivity contribution in [3.05, 3.63) is 72.1 Å². The van der Waals surface area contributed by atoms with Gasteiger partial charge in [-0.3, -0.25) is 4.68 Å². The Kier molecular flexibility index (Phi) is 4.84. The van der Waals surface area contributed by atoms with Crippen molar-refractivity contribution in [3.8, 4) is 5.75 Å². The van der Waals surface area contributed by atoms with E-state index in [1.165, 1.54) is 0 Å². The first-order valence-electron chi connectivity index (χ1n) is 8.13. The van der Waals surface area contributed by atoms with Crippen LogP contribution in [0.5, 0.6) is 5.75 Å². The fraction of sp³-hybridized carbons (Fsp3) is 0.200. The van der Waals surface area contributed by atoms with Gasteiger partial charge in [-0.1, -0.05) is 36.9 Å². The van der Waals surface area contributed by atoms with Crippen molar-refractivity contribution in [1.29, 1.82) is 0 Å². The van der Waals surface area contributed by atoms with Crippen LogP contribution < -0.4 is 4.74 Å². The van der Waals surface area contributed by atoms with Gasteiger partial charge in [0.2, 0.25) is 0 Å². The van der Waals surface area contributed by atoms with Crippen LogP contribution in [0.15, 0.2) is 60.9 Å². The molecule has 1 aromatic heterocycles. The van der Waals surface area contributed by atoms with Crippen LogP contribution >= 0.6 is 0 Å². The monoisotopic (exact) mass is 336 g/mol. The molecule has 3 rings (SSSR count). The van der Waals surface area contributed by atoms with E-state index in [9.17, 15) is 4.79 Å². The molecule has 2 aromatic carbocycles. The number of hydrogen-bond acceptors (Lipinski definition) is 4. The molecule has 0 bridgehead atoms. The molecule has 0 saturated carbocycles. The summed E-state index contributed by atoms with van der Waals surface area (Å²) in [6, 6.07) is 15.5. The van der Waals surface area contributed by atoms with Crippen LogP contribution in [-0.4, -0.2) is 22.4 Å². The zero-order valence-corrected chi connectivity index (χ0v) is 14.4. The van der Waals surface area contributed by atoms with E-state index in [1.807, 2.05) is 55.5 Å². The Morgan fingerprint density at radius 1 is 1.16 bits per heavy atom. The molecule has 5 nitrogen and oxygen atoms in total. The summed E-state index contributed by atoms with van der Waals surface area (Å²) in [4.78, 5) is 12.3. The van der Waals surface area contributed by atoms with E-state index in [0.717, 1.165) is 22.2 Å². The molecule has 0 amide bonds. The molecular weight excluding hydrogens is 316 g/mol. The number of hydrogen-bond donors (Lipinski definition) is 0. The lowest BCUT2D eigenvalue weighted by Crippen LogP contribution is -2.07. The van der Waals surface area contributed by atoms with Gasteiger partial charge in [-0.05, 0) is 37.6 Å². The van der Waals surface area contributed by atoms with Crippen LogP contribution in [0.3, 0.4) is 0 Å². The maximum Gasteiger partial charge on any atom is 0.364 e. The van der Waals surface area contributed by atoms with E-state index < -0.39 is 5.97 Å². The molecule has 25 heavy (non-hydrogen) atoms. The first-order chi connectivity index (χ1) is 12.1. The highest BCUT2D eigenvalue weighted by atomic mass is 16.5. The quantitative estimate of drug-likeness (QED) is 0.501. The molecule has 3 aromatic rings. The Bertz CT molecular complexity index is 910. The molecule has 0 atom stereocenters. The number of rotatable bonds is 6. The smallest absolute Gasteiger partial charge is 0.364 e. The summed E-state index contributed by atoms with van der Waals surface area (Å²) in [5.74, 6) is 0.687. The molecule has 0 aliphatic heterocycles. The minimum atomic E-state index is -0.492. The Hall–Kier alpha value is -3.08. The topological polar surface area (TPSA) is 53.3 Å². The molecule has 5 heteroatoms. The van der Waals surface area contributed by atoms with E-state index in [0.29, 0.717) is 24.6 Å². The largest absolute Gasteiger partial charge is 0.494 e. The van der Waals surface area contributed by atoms with Gasteiger partial charge in [0, 0.05) is 5.39 Å². The molecule has 0 saturated heterocycles. The van der Waals surface area contributed by atoms with Gasteiger partial charge in [-0.15, -0.1) is 0 Å². The SMILES string of the molecule is C=C(C)OC(=O)c1nn(Cc2ccc(OCC)cc2)c2ccccc12. The van der Waals surface area contributed by atoms with E-state index in [4.69, 9.17) is 9.47 Å². The van der Waals surface area contributed by atoms with Gasteiger partial charge in [0.15, 0.2) is 5.69 Å². The number of esters is 1. The van der Waals surface area contributed by atoms with Crippen LogP contribution in [0, 0.1) is 0 Å². The summed E-state index contributed by atoms with van der Waals surface area (Å²) in [7, 11) is 0. The summed E-state index contributed by atoms with van der Waals surface area (Å²) in [5.41, 5.74) is 2.24. The van der Waals surface area contributed by atoms with Crippen molar-refractivity contribution in [3.63, 3.8) is 0 Å². The van der Waals surface area contributed by atoms with E-state index in [-0.39, 0.29) is 0 Å². The second-order valence-corrected chi connectivity index (χ2v) is 5.69. The van der Waals surface area contributed by atoms with E-state index in [2.05, 4.69) is 11.7 Å². The molecular formula is C20H20N2O3. The van der Waals surface area contributed by atoms with E-state index >= 15 is 0 Å². The lowest BCUT2D eigenvalue weighted by molar-refractivity contribution is 0.0622. The minimum absolute atomic E-state index is 0.296. The summed E-state index contributed by atoms with van der Waals surface area (Å²) in [6.45, 7) is 8.38. The molecule has 0 radical (unpaired) electrons. The highest BCUT2D eigenvalue weighted by Crippen LogP contribution is 2.21. The standard InChI is InChI=1S/C20H20N2O3/c1-4-24-16-11-9-15(10-12-16)13-22-18-8-6-5-7-17(18)19(21-22)20(23)25-14(2)3/h5-12H,2,4,13H2,1,3H3. The molecule has 0 N–H and O–H groups in total. The normalized spacial score (nSPS) is 10.6. The van der Waals surface area contributed by atoms with Crippen molar-refractivity contribution in [2.75, 3.05) is 6.61 Å². The van der Waals surface area contributed by atoms with Gasteiger partial charge in [0.25, 0.3) is 0 Å². The number of carbonyl (C=O) groups is 1. The third-order valence-corrected chi connectivity index (χ3v) is 3.68. The molecule has 1 heterocycles. The molecule has 0 fully saturated rings. The number of carbonyl (C=O) groups excluding carboxylic acids is 1. The van der Waals surface area contributed by atoms with Crippen LogP contribution in [0.1, 0.15) is 29.9 Å². The second-order valence-electron chi connectivity index (χ2n) is 5.69. The van der Waals surface area contributed by atoms with Gasteiger partial charge in [-0.2, -0.15) is 5.10 Å². The number of nitrogens with zero attached hydrogens (tertiary/aromatic N) is 2. The van der Waals surface area contributed by atoms with Crippen molar-refractivity contribution >= 4 is 16.9 Å². The van der Waals surface area contributed by atoms with Crippen molar-refractivity contribution in [1.82, 2.24) is 9.78 Å². The van der Waals surface area contributed by atoms with E-state index in [1.54, 1.807) is 11.6 Å². The van der Waals surface area contributed by atoms with Crippen molar-refractivity contribution < 1.29 is 14.3 Å². The Morgan fingerprint density at radius 2 is 1.88 bits per heavy atom. The highest BCUT2D eigenvalue weighted by molar-refractivity contribution is 6.02. The highest BCUT2D eigenvalue weighted by Gasteiger charge is 2.18. The molecule has 0 unspecified atom stereocenters.